The third-order valence-corrected chi connectivity index (χ3v) is 6.52. The Morgan fingerprint density at radius 1 is 0.909 bits per heavy atom. The van der Waals surface area contributed by atoms with Crippen molar-refractivity contribution in [3.05, 3.63) is 82.9 Å². The summed E-state index contributed by atoms with van der Waals surface area (Å²) in [7, 11) is 0. The Balaban J connectivity index is 1.51. The summed E-state index contributed by atoms with van der Waals surface area (Å²) in [5, 5.41) is 21.8. The first-order valence-electron chi connectivity index (χ1n) is 13.3. The van der Waals surface area contributed by atoms with Gasteiger partial charge in [-0.2, -0.15) is 0 Å². The van der Waals surface area contributed by atoms with Crippen LogP contribution < -0.4 is 10.2 Å². The summed E-state index contributed by atoms with van der Waals surface area (Å²) < 4.78 is 14.2. The minimum atomic E-state index is -1.62. The summed E-state index contributed by atoms with van der Waals surface area (Å²) in [6.07, 6.45) is -1.57. The van der Waals surface area contributed by atoms with Crippen LogP contribution in [-0.4, -0.2) is 69.8 Å². The molecule has 0 aliphatic heterocycles. The number of nitrogens with zero attached hydrogens (tertiary/aromatic N) is 3. The molecule has 0 fully saturated rings. The zero-order valence-electron chi connectivity index (χ0n) is 23.8. The van der Waals surface area contributed by atoms with Gasteiger partial charge < -0.3 is 29.5 Å². The van der Waals surface area contributed by atoms with Crippen molar-refractivity contribution in [2.75, 3.05) is 13.6 Å². The van der Waals surface area contributed by atoms with Gasteiger partial charge in [-0.1, -0.05) is 52.8 Å². The minimum Gasteiger partial charge on any atom is -0.428 e. The lowest BCUT2D eigenvalue weighted by atomic mass is 9.97. The van der Waals surface area contributed by atoms with Gasteiger partial charge in [0.1, 0.15) is 11.0 Å². The van der Waals surface area contributed by atoms with Gasteiger partial charge in [0, 0.05) is 36.9 Å². The molecule has 0 saturated heterocycles. The number of aromatic nitrogens is 3. The van der Waals surface area contributed by atoms with Crippen LogP contribution in [0.4, 0.5) is 0 Å². The van der Waals surface area contributed by atoms with E-state index in [0.717, 1.165) is 28.5 Å². The summed E-state index contributed by atoms with van der Waals surface area (Å²) in [6.45, 7) is 1.33. The molecule has 1 heterocycles. The molecular weight excluding hydrogens is 596 g/mol. The fourth-order valence-corrected chi connectivity index (χ4v) is 4.36. The number of carbonyl (C=O) groups excluding carboxylic acids is 4. The van der Waals surface area contributed by atoms with Crippen LogP contribution in [0.2, 0.25) is 5.02 Å². The molecule has 2 atom stereocenters. The third-order valence-electron chi connectivity index (χ3n) is 6.29. The number of aliphatic hydroxyl groups excluding tert-OH is 1. The van der Waals surface area contributed by atoms with E-state index >= 15 is 0 Å². The van der Waals surface area contributed by atoms with E-state index < -0.39 is 49.5 Å². The number of hydrogen-bond donors (Lipinski definition) is 2. The first kappa shape index (κ1) is 31.9. The SMILES string of the molecule is CC(=O)OCOC(=O)[C@H](O)C[C@@H](Cc1ccc(-c2cccc(Cl)c2)cc1)NC(=O)c1ccc2nnn(OCOC(C)=O)c2c1. The van der Waals surface area contributed by atoms with Crippen molar-refractivity contribution in [2.24, 2.45) is 0 Å². The summed E-state index contributed by atoms with van der Waals surface area (Å²) in [6, 6.07) is 18.8. The fraction of sp³-hybridized carbons (Fsp3) is 0.267. The van der Waals surface area contributed by atoms with Crippen molar-refractivity contribution >= 4 is 46.4 Å². The molecule has 1 amide bonds. The minimum absolute atomic E-state index is 0.200. The van der Waals surface area contributed by atoms with E-state index in [9.17, 15) is 24.3 Å². The van der Waals surface area contributed by atoms with E-state index in [-0.39, 0.29) is 18.4 Å². The Kier molecular flexibility index (Phi) is 10.8. The molecule has 4 aromatic rings. The maximum atomic E-state index is 13.4. The van der Waals surface area contributed by atoms with Gasteiger partial charge in [0.25, 0.3) is 12.7 Å². The molecule has 0 unspecified atom stereocenters. The topological polar surface area (TPSA) is 168 Å². The number of fused-ring (bicyclic) bond motifs is 1. The average Bonchev–Trinajstić information content (AvgIpc) is 3.39. The van der Waals surface area contributed by atoms with Crippen LogP contribution in [0.3, 0.4) is 0 Å². The highest BCUT2D eigenvalue weighted by Crippen LogP contribution is 2.24. The highest BCUT2D eigenvalue weighted by molar-refractivity contribution is 6.30. The zero-order valence-corrected chi connectivity index (χ0v) is 24.5. The van der Waals surface area contributed by atoms with E-state index in [1.54, 1.807) is 12.1 Å². The van der Waals surface area contributed by atoms with Crippen LogP contribution in [0.5, 0.6) is 0 Å². The second kappa shape index (κ2) is 14.9. The lowest BCUT2D eigenvalue weighted by Crippen LogP contribution is -2.41. The predicted octanol–water partition coefficient (Wildman–Crippen LogP) is 2.86. The molecule has 44 heavy (non-hydrogen) atoms. The Hall–Kier alpha value is -5.01. The summed E-state index contributed by atoms with van der Waals surface area (Å²) in [5.74, 6) is -2.72. The van der Waals surface area contributed by atoms with Crippen molar-refractivity contribution in [1.29, 1.82) is 0 Å². The van der Waals surface area contributed by atoms with E-state index in [1.807, 2.05) is 42.5 Å². The molecule has 13 nitrogen and oxygen atoms in total. The molecule has 0 bridgehead atoms. The number of benzene rings is 3. The summed E-state index contributed by atoms with van der Waals surface area (Å²) >= 11 is 6.12. The number of hydrogen-bond acceptors (Lipinski definition) is 11. The Morgan fingerprint density at radius 3 is 2.34 bits per heavy atom. The van der Waals surface area contributed by atoms with Gasteiger partial charge in [-0.15, -0.1) is 5.10 Å². The molecule has 14 heteroatoms. The van der Waals surface area contributed by atoms with Crippen molar-refractivity contribution in [2.45, 2.75) is 38.8 Å². The van der Waals surface area contributed by atoms with E-state index in [0.29, 0.717) is 16.1 Å². The number of amides is 1. The third kappa shape index (κ3) is 8.99. The number of aliphatic hydroxyl groups is 1. The molecule has 1 aromatic heterocycles. The number of esters is 3. The molecule has 0 aliphatic carbocycles. The van der Waals surface area contributed by atoms with Crippen molar-refractivity contribution in [1.82, 2.24) is 20.5 Å². The summed E-state index contributed by atoms with van der Waals surface area (Å²) in [5.41, 5.74) is 3.66. The second-order valence-electron chi connectivity index (χ2n) is 9.60. The van der Waals surface area contributed by atoms with Crippen LogP contribution in [0.15, 0.2) is 66.7 Å². The first-order chi connectivity index (χ1) is 21.1. The smallest absolute Gasteiger partial charge is 0.337 e. The van der Waals surface area contributed by atoms with Crippen molar-refractivity contribution in [3.63, 3.8) is 0 Å². The van der Waals surface area contributed by atoms with Crippen LogP contribution in [-0.2, 0) is 35.0 Å². The normalized spacial score (nSPS) is 12.2. The van der Waals surface area contributed by atoms with Gasteiger partial charge in [0.2, 0.25) is 6.79 Å². The monoisotopic (exact) mass is 624 g/mol. The number of rotatable bonds is 13. The average molecular weight is 625 g/mol. The summed E-state index contributed by atoms with van der Waals surface area (Å²) in [4.78, 5) is 54.0. The van der Waals surface area contributed by atoms with Gasteiger partial charge in [-0.3, -0.25) is 14.4 Å². The van der Waals surface area contributed by atoms with Crippen molar-refractivity contribution < 1.29 is 43.3 Å². The quantitative estimate of drug-likeness (QED) is 0.166. The van der Waals surface area contributed by atoms with Crippen molar-refractivity contribution in [3.8, 4) is 11.1 Å². The highest BCUT2D eigenvalue weighted by atomic mass is 35.5. The second-order valence-corrected chi connectivity index (χ2v) is 10.0. The lowest BCUT2D eigenvalue weighted by Gasteiger charge is -2.21. The number of nitrogens with one attached hydrogen (secondary N) is 1. The fourth-order valence-electron chi connectivity index (χ4n) is 4.17. The van der Waals surface area contributed by atoms with Gasteiger partial charge in [0.15, 0.2) is 6.10 Å². The van der Waals surface area contributed by atoms with Gasteiger partial charge >= 0.3 is 17.9 Å². The van der Waals surface area contributed by atoms with Gasteiger partial charge in [-0.25, -0.2) is 4.79 Å². The molecule has 4 rings (SSSR count). The Labute approximate surface area is 256 Å². The van der Waals surface area contributed by atoms with Crippen LogP contribution >= 0.6 is 11.6 Å². The number of carbonyl (C=O) groups is 4. The highest BCUT2D eigenvalue weighted by Gasteiger charge is 2.25. The Morgan fingerprint density at radius 2 is 1.64 bits per heavy atom. The maximum absolute atomic E-state index is 13.4. The zero-order chi connectivity index (χ0) is 31.6. The molecule has 0 aliphatic rings. The molecule has 3 aromatic carbocycles. The molecule has 0 radical (unpaired) electrons. The van der Waals surface area contributed by atoms with E-state index in [1.165, 1.54) is 19.1 Å². The van der Waals surface area contributed by atoms with Gasteiger partial charge in [-0.05, 0) is 58.7 Å². The number of ether oxygens (including phenoxy) is 3. The lowest BCUT2D eigenvalue weighted by molar-refractivity contribution is -0.172. The van der Waals surface area contributed by atoms with Gasteiger partial charge in [0.05, 0.1) is 0 Å². The van der Waals surface area contributed by atoms with E-state index in [4.69, 9.17) is 25.9 Å². The molecular formula is C30H29ClN4O9. The molecule has 0 saturated carbocycles. The maximum Gasteiger partial charge on any atom is 0.337 e. The van der Waals surface area contributed by atoms with Crippen LogP contribution in [0.25, 0.3) is 22.2 Å². The molecule has 230 valence electrons. The molecule has 2 N–H and O–H groups in total. The standard InChI is InChI=1S/C30H29ClN4O9/c1-18(36)41-16-43-30(40)28(38)15-25(12-20-6-8-21(9-7-20)22-4-3-5-24(31)13-22)32-29(39)23-10-11-26-27(14-23)35(34-33-26)44-17-42-19(2)37/h3-11,13-14,25,28,38H,12,15-17H2,1-2H3,(H,32,39)/t25-,28-/m1/s1. The predicted molar refractivity (Wildman–Crippen MR) is 156 cm³/mol. The van der Waals surface area contributed by atoms with E-state index in [2.05, 4.69) is 20.4 Å². The largest absolute Gasteiger partial charge is 0.428 e. The van der Waals surface area contributed by atoms with Crippen LogP contribution in [0.1, 0.15) is 36.2 Å². The Bertz CT molecular complexity index is 1640. The molecule has 0 spiro atoms. The van der Waals surface area contributed by atoms with Crippen LogP contribution in [0, 0.1) is 0 Å². The first-order valence-corrected chi connectivity index (χ1v) is 13.7. The number of halogens is 1.